The number of aromatic nitrogens is 4. The SMILES string of the molecule is COCCCn1c(=O)c2ccccc2n2c(SC(C)c3ccccc3)nnc12. The van der Waals surface area contributed by atoms with Gasteiger partial charge in [0.25, 0.3) is 5.56 Å². The number of nitrogens with zero attached hydrogens (tertiary/aromatic N) is 4. The van der Waals surface area contributed by atoms with Crippen molar-refractivity contribution in [2.75, 3.05) is 13.7 Å². The summed E-state index contributed by atoms with van der Waals surface area (Å²) in [6.07, 6.45) is 0.736. The Balaban J connectivity index is 1.84. The van der Waals surface area contributed by atoms with Gasteiger partial charge in [-0.3, -0.25) is 13.8 Å². The van der Waals surface area contributed by atoms with Gasteiger partial charge in [-0.05, 0) is 31.0 Å². The predicted octanol–water partition coefficient (Wildman–Crippen LogP) is 3.93. The first kappa shape index (κ1) is 18.7. The molecule has 1 atom stereocenters. The monoisotopic (exact) mass is 394 g/mol. The molecule has 0 aliphatic carbocycles. The average Bonchev–Trinajstić information content (AvgIpc) is 3.14. The minimum absolute atomic E-state index is 0.0424. The van der Waals surface area contributed by atoms with Crippen molar-refractivity contribution in [2.24, 2.45) is 0 Å². The molecule has 0 bridgehead atoms. The fourth-order valence-electron chi connectivity index (χ4n) is 3.33. The Bertz CT molecular complexity index is 1150. The number of para-hydroxylation sites is 1. The first-order chi connectivity index (χ1) is 13.7. The highest BCUT2D eigenvalue weighted by Crippen LogP contribution is 2.34. The quantitative estimate of drug-likeness (QED) is 0.351. The lowest BCUT2D eigenvalue weighted by atomic mass is 10.2. The van der Waals surface area contributed by atoms with E-state index >= 15 is 0 Å². The van der Waals surface area contributed by atoms with Gasteiger partial charge in [0.05, 0.1) is 10.9 Å². The summed E-state index contributed by atoms with van der Waals surface area (Å²) in [5, 5.41) is 10.5. The molecule has 2 aromatic carbocycles. The molecule has 2 aromatic heterocycles. The second-order valence-corrected chi connectivity index (χ2v) is 7.92. The van der Waals surface area contributed by atoms with Gasteiger partial charge in [-0.25, -0.2) is 0 Å². The third-order valence-electron chi connectivity index (χ3n) is 4.76. The highest BCUT2D eigenvalue weighted by atomic mass is 32.2. The van der Waals surface area contributed by atoms with E-state index in [1.54, 1.807) is 23.4 Å². The van der Waals surface area contributed by atoms with Crippen LogP contribution in [0.5, 0.6) is 0 Å². The molecule has 0 saturated carbocycles. The molecule has 0 saturated heterocycles. The molecule has 7 heteroatoms. The maximum atomic E-state index is 13.0. The van der Waals surface area contributed by atoms with Crippen LogP contribution in [0.3, 0.4) is 0 Å². The third-order valence-corrected chi connectivity index (χ3v) is 5.86. The van der Waals surface area contributed by atoms with Gasteiger partial charge in [-0.2, -0.15) is 0 Å². The Morgan fingerprint density at radius 3 is 2.61 bits per heavy atom. The zero-order chi connectivity index (χ0) is 19.5. The van der Waals surface area contributed by atoms with Crippen molar-refractivity contribution < 1.29 is 4.74 Å². The fourth-order valence-corrected chi connectivity index (χ4v) is 4.31. The minimum Gasteiger partial charge on any atom is -0.385 e. The van der Waals surface area contributed by atoms with Crippen molar-refractivity contribution in [1.29, 1.82) is 0 Å². The summed E-state index contributed by atoms with van der Waals surface area (Å²) in [5.74, 6) is 0.572. The zero-order valence-electron chi connectivity index (χ0n) is 15.9. The van der Waals surface area contributed by atoms with E-state index in [4.69, 9.17) is 4.74 Å². The Hall–Kier alpha value is -2.64. The summed E-state index contributed by atoms with van der Waals surface area (Å²) in [4.78, 5) is 13.0. The average molecular weight is 395 g/mol. The van der Waals surface area contributed by atoms with E-state index in [1.807, 2.05) is 46.9 Å². The topological polar surface area (TPSA) is 61.4 Å². The molecule has 1 unspecified atom stereocenters. The molecule has 28 heavy (non-hydrogen) atoms. The maximum absolute atomic E-state index is 13.0. The van der Waals surface area contributed by atoms with Crippen molar-refractivity contribution in [3.63, 3.8) is 0 Å². The fraction of sp³-hybridized carbons (Fsp3) is 0.286. The van der Waals surface area contributed by atoms with Crippen LogP contribution in [0, 0.1) is 0 Å². The largest absolute Gasteiger partial charge is 0.385 e. The second kappa shape index (κ2) is 8.16. The molecule has 0 radical (unpaired) electrons. The third kappa shape index (κ3) is 3.43. The Morgan fingerprint density at radius 2 is 1.82 bits per heavy atom. The lowest BCUT2D eigenvalue weighted by Crippen LogP contribution is -2.24. The number of hydrogen-bond acceptors (Lipinski definition) is 5. The van der Waals surface area contributed by atoms with E-state index in [0.29, 0.717) is 24.3 Å². The van der Waals surface area contributed by atoms with E-state index in [1.165, 1.54) is 5.56 Å². The summed E-state index contributed by atoms with van der Waals surface area (Å²) in [5.41, 5.74) is 2.01. The van der Waals surface area contributed by atoms with Gasteiger partial charge in [-0.1, -0.05) is 54.2 Å². The molecule has 144 valence electrons. The van der Waals surface area contributed by atoms with E-state index in [2.05, 4.69) is 29.3 Å². The first-order valence-electron chi connectivity index (χ1n) is 9.28. The lowest BCUT2D eigenvalue weighted by Gasteiger charge is -2.13. The Kier molecular flexibility index (Phi) is 5.45. The molecule has 4 rings (SSSR count). The summed E-state index contributed by atoms with van der Waals surface area (Å²) in [6.45, 7) is 3.28. The summed E-state index contributed by atoms with van der Waals surface area (Å²) in [7, 11) is 1.66. The number of rotatable bonds is 7. The summed E-state index contributed by atoms with van der Waals surface area (Å²) >= 11 is 1.64. The van der Waals surface area contributed by atoms with Crippen molar-refractivity contribution >= 4 is 28.4 Å². The van der Waals surface area contributed by atoms with Crippen LogP contribution < -0.4 is 5.56 Å². The van der Waals surface area contributed by atoms with Crippen molar-refractivity contribution in [2.45, 2.75) is 30.3 Å². The van der Waals surface area contributed by atoms with Crippen LogP contribution >= 0.6 is 11.8 Å². The van der Waals surface area contributed by atoms with E-state index in [-0.39, 0.29) is 10.8 Å². The van der Waals surface area contributed by atoms with E-state index < -0.39 is 0 Å². The number of methoxy groups -OCH3 is 1. The number of aryl methyl sites for hydroxylation is 1. The standard InChI is InChI=1S/C21H22N4O2S/c1-15(16-9-4-3-5-10-16)28-21-23-22-20-24(13-8-14-27-2)19(26)17-11-6-7-12-18(17)25(20)21/h3-7,9-12,15H,8,13-14H2,1-2H3. The van der Waals surface area contributed by atoms with Crippen LogP contribution in [-0.2, 0) is 11.3 Å². The number of fused-ring (bicyclic) bond motifs is 3. The number of hydrogen-bond donors (Lipinski definition) is 0. The molecule has 0 aliphatic rings. The highest BCUT2D eigenvalue weighted by Gasteiger charge is 2.18. The van der Waals surface area contributed by atoms with E-state index in [9.17, 15) is 4.79 Å². The molecule has 0 fully saturated rings. The Morgan fingerprint density at radius 1 is 1.07 bits per heavy atom. The zero-order valence-corrected chi connectivity index (χ0v) is 16.7. The highest BCUT2D eigenvalue weighted by molar-refractivity contribution is 7.99. The molecule has 6 nitrogen and oxygen atoms in total. The van der Waals surface area contributed by atoms with Gasteiger partial charge in [0.2, 0.25) is 5.78 Å². The molecular formula is C21H22N4O2S. The smallest absolute Gasteiger partial charge is 0.262 e. The molecule has 0 N–H and O–H groups in total. The first-order valence-corrected chi connectivity index (χ1v) is 10.2. The van der Waals surface area contributed by atoms with Gasteiger partial charge >= 0.3 is 0 Å². The van der Waals surface area contributed by atoms with Crippen molar-refractivity contribution in [3.8, 4) is 0 Å². The summed E-state index contributed by atoms with van der Waals surface area (Å²) in [6, 6.07) is 17.9. The van der Waals surface area contributed by atoms with Crippen LogP contribution in [0.15, 0.2) is 64.5 Å². The van der Waals surface area contributed by atoms with Crippen LogP contribution in [0.1, 0.15) is 24.2 Å². The van der Waals surface area contributed by atoms with Gasteiger partial charge in [-0.15, -0.1) is 10.2 Å². The number of ether oxygens (including phenoxy) is 1. The van der Waals surface area contributed by atoms with Crippen molar-refractivity contribution in [3.05, 3.63) is 70.5 Å². The lowest BCUT2D eigenvalue weighted by molar-refractivity contribution is 0.190. The van der Waals surface area contributed by atoms with Gasteiger partial charge in [0, 0.05) is 25.5 Å². The molecular weight excluding hydrogens is 372 g/mol. The van der Waals surface area contributed by atoms with Gasteiger partial charge in [0.15, 0.2) is 5.16 Å². The molecule has 0 amide bonds. The van der Waals surface area contributed by atoms with Gasteiger partial charge in [0.1, 0.15) is 0 Å². The van der Waals surface area contributed by atoms with Gasteiger partial charge < -0.3 is 4.74 Å². The Labute approximate surface area is 167 Å². The maximum Gasteiger partial charge on any atom is 0.262 e. The number of benzene rings is 2. The van der Waals surface area contributed by atoms with E-state index in [0.717, 1.165) is 17.1 Å². The van der Waals surface area contributed by atoms with Crippen LogP contribution in [0.4, 0.5) is 0 Å². The summed E-state index contributed by atoms with van der Waals surface area (Å²) < 4.78 is 8.84. The van der Waals surface area contributed by atoms with Crippen LogP contribution in [0.2, 0.25) is 0 Å². The molecule has 4 aromatic rings. The van der Waals surface area contributed by atoms with Crippen LogP contribution in [0.25, 0.3) is 16.7 Å². The minimum atomic E-state index is -0.0424. The molecule has 0 aliphatic heterocycles. The van der Waals surface area contributed by atoms with Crippen molar-refractivity contribution in [1.82, 2.24) is 19.2 Å². The normalized spacial score (nSPS) is 12.6. The molecule has 0 spiro atoms. The number of thioether (sulfide) groups is 1. The predicted molar refractivity (Wildman–Crippen MR) is 112 cm³/mol. The molecule has 2 heterocycles. The van der Waals surface area contributed by atoms with Crippen LogP contribution in [-0.4, -0.2) is 32.9 Å². The second-order valence-electron chi connectivity index (χ2n) is 6.61.